The summed E-state index contributed by atoms with van der Waals surface area (Å²) in [6, 6.07) is 9.66. The summed E-state index contributed by atoms with van der Waals surface area (Å²) in [7, 11) is 0. The van der Waals surface area contributed by atoms with Gasteiger partial charge in [-0.25, -0.2) is 4.98 Å². The molecule has 1 aliphatic heterocycles. The van der Waals surface area contributed by atoms with Crippen molar-refractivity contribution in [1.29, 1.82) is 0 Å². The molecule has 0 amide bonds. The van der Waals surface area contributed by atoms with Gasteiger partial charge in [-0.2, -0.15) is 0 Å². The summed E-state index contributed by atoms with van der Waals surface area (Å²) >= 11 is 19.0. The maximum atomic E-state index is 6.46. The zero-order valence-corrected chi connectivity index (χ0v) is 16.2. The third-order valence-corrected chi connectivity index (χ3v) is 5.48. The lowest BCUT2D eigenvalue weighted by Crippen LogP contribution is -2.28. The minimum Gasteiger partial charge on any atom is -0.310 e. The van der Waals surface area contributed by atoms with Crippen LogP contribution in [0.15, 0.2) is 30.3 Å². The molecule has 0 saturated heterocycles. The Kier molecular flexibility index (Phi) is 4.57. The largest absolute Gasteiger partial charge is 0.310 e. The molecule has 25 heavy (non-hydrogen) atoms. The van der Waals surface area contributed by atoms with Crippen molar-refractivity contribution < 1.29 is 0 Å². The van der Waals surface area contributed by atoms with Crippen LogP contribution in [0.5, 0.6) is 0 Å². The molecule has 3 nitrogen and oxygen atoms in total. The molecule has 4 rings (SSSR count). The molecular formula is C19H18Cl3N3. The van der Waals surface area contributed by atoms with E-state index in [9.17, 15) is 0 Å². The smallest absolute Gasteiger partial charge is 0.211 e. The summed E-state index contributed by atoms with van der Waals surface area (Å²) in [6.07, 6.45) is 3.12. The van der Waals surface area contributed by atoms with Gasteiger partial charge in [0.2, 0.25) is 5.95 Å². The van der Waals surface area contributed by atoms with Crippen LogP contribution in [-0.4, -0.2) is 16.1 Å². The number of rotatable bonds is 3. The Morgan fingerprint density at radius 1 is 1.04 bits per heavy atom. The van der Waals surface area contributed by atoms with Gasteiger partial charge in [0.15, 0.2) is 0 Å². The number of hydrogen-bond acceptors (Lipinski definition) is 2. The van der Waals surface area contributed by atoms with Crippen molar-refractivity contribution in [3.05, 3.63) is 51.0 Å². The summed E-state index contributed by atoms with van der Waals surface area (Å²) in [5.41, 5.74) is 4.25. The van der Waals surface area contributed by atoms with E-state index in [0.29, 0.717) is 15.1 Å². The van der Waals surface area contributed by atoms with E-state index in [2.05, 4.69) is 22.5 Å². The van der Waals surface area contributed by atoms with Crippen LogP contribution < -0.4 is 4.90 Å². The molecular weight excluding hydrogens is 377 g/mol. The molecule has 3 aromatic rings. The Balaban J connectivity index is 1.93. The first-order valence-corrected chi connectivity index (χ1v) is 9.63. The molecule has 0 aliphatic carbocycles. The lowest BCUT2D eigenvalue weighted by Gasteiger charge is -2.30. The molecule has 0 atom stereocenters. The fourth-order valence-corrected chi connectivity index (χ4v) is 4.27. The number of halogens is 3. The van der Waals surface area contributed by atoms with Gasteiger partial charge in [0.05, 0.1) is 21.2 Å². The van der Waals surface area contributed by atoms with Gasteiger partial charge in [0.25, 0.3) is 0 Å². The van der Waals surface area contributed by atoms with E-state index in [1.807, 2.05) is 18.2 Å². The van der Waals surface area contributed by atoms with E-state index < -0.39 is 0 Å². The number of aromatic nitrogens is 2. The Morgan fingerprint density at radius 3 is 2.64 bits per heavy atom. The Morgan fingerprint density at radius 2 is 1.88 bits per heavy atom. The number of benzene rings is 2. The topological polar surface area (TPSA) is 21.1 Å². The quantitative estimate of drug-likeness (QED) is 0.506. The SMILES string of the molecule is CCCc1ccc(Cl)c2nc3n(c12)CCCN3c1ccc(Cl)cc1Cl. The standard InChI is InChI=1S/C19H18Cl3N3/c1-2-4-12-5-7-14(21)17-18(12)25-10-3-9-24(19(25)23-17)16-8-6-13(20)11-15(16)22/h5-8,11H,2-4,9-10H2,1H3. The average Bonchev–Trinajstić information content (AvgIpc) is 2.99. The number of aryl methyl sites for hydroxylation is 2. The molecule has 0 fully saturated rings. The molecule has 2 heterocycles. The lowest BCUT2D eigenvalue weighted by molar-refractivity contribution is 0.602. The summed E-state index contributed by atoms with van der Waals surface area (Å²) in [5.74, 6) is 0.899. The van der Waals surface area contributed by atoms with Crippen LogP contribution in [-0.2, 0) is 13.0 Å². The number of nitrogens with zero attached hydrogens (tertiary/aromatic N) is 3. The molecule has 0 N–H and O–H groups in total. The highest BCUT2D eigenvalue weighted by atomic mass is 35.5. The molecule has 0 bridgehead atoms. The molecule has 0 unspecified atom stereocenters. The van der Waals surface area contributed by atoms with E-state index in [-0.39, 0.29) is 0 Å². The second kappa shape index (κ2) is 6.71. The van der Waals surface area contributed by atoms with Crippen molar-refractivity contribution >= 4 is 57.5 Å². The number of imidazole rings is 1. The fourth-order valence-electron chi connectivity index (χ4n) is 3.57. The van der Waals surface area contributed by atoms with Crippen molar-refractivity contribution in [2.75, 3.05) is 11.4 Å². The van der Waals surface area contributed by atoms with Crippen molar-refractivity contribution in [3.8, 4) is 0 Å². The maximum absolute atomic E-state index is 6.46. The summed E-state index contributed by atoms with van der Waals surface area (Å²) in [6.45, 7) is 3.99. The second-order valence-electron chi connectivity index (χ2n) is 6.32. The maximum Gasteiger partial charge on any atom is 0.211 e. The molecule has 130 valence electrons. The van der Waals surface area contributed by atoms with Crippen molar-refractivity contribution in [2.45, 2.75) is 32.7 Å². The van der Waals surface area contributed by atoms with Crippen LogP contribution in [0.2, 0.25) is 15.1 Å². The van der Waals surface area contributed by atoms with Crippen LogP contribution in [0.25, 0.3) is 11.0 Å². The van der Waals surface area contributed by atoms with Gasteiger partial charge in [-0.05, 0) is 42.7 Å². The fraction of sp³-hybridized carbons (Fsp3) is 0.316. The molecule has 2 aromatic carbocycles. The van der Waals surface area contributed by atoms with Crippen molar-refractivity contribution in [1.82, 2.24) is 9.55 Å². The first-order chi connectivity index (χ1) is 12.1. The predicted molar refractivity (Wildman–Crippen MR) is 107 cm³/mol. The Bertz CT molecular complexity index is 949. The summed E-state index contributed by atoms with van der Waals surface area (Å²) < 4.78 is 2.28. The van der Waals surface area contributed by atoms with E-state index in [1.165, 1.54) is 5.56 Å². The zero-order chi connectivity index (χ0) is 17.6. The molecule has 1 aromatic heterocycles. The molecule has 1 aliphatic rings. The van der Waals surface area contributed by atoms with Gasteiger partial charge in [0.1, 0.15) is 5.52 Å². The van der Waals surface area contributed by atoms with Gasteiger partial charge >= 0.3 is 0 Å². The normalized spacial score (nSPS) is 14.2. The molecule has 0 spiro atoms. The molecule has 0 radical (unpaired) electrons. The average molecular weight is 395 g/mol. The Labute approximate surface area is 162 Å². The lowest BCUT2D eigenvalue weighted by atomic mass is 10.1. The zero-order valence-electron chi connectivity index (χ0n) is 13.9. The van der Waals surface area contributed by atoms with Crippen LogP contribution >= 0.6 is 34.8 Å². The van der Waals surface area contributed by atoms with Crippen molar-refractivity contribution in [3.63, 3.8) is 0 Å². The van der Waals surface area contributed by atoms with Gasteiger partial charge in [-0.15, -0.1) is 0 Å². The highest BCUT2D eigenvalue weighted by molar-refractivity contribution is 6.36. The molecule has 6 heteroatoms. The van der Waals surface area contributed by atoms with Crippen molar-refractivity contribution in [2.24, 2.45) is 0 Å². The minimum absolute atomic E-state index is 0.632. The van der Waals surface area contributed by atoms with E-state index in [1.54, 1.807) is 6.07 Å². The summed E-state index contributed by atoms with van der Waals surface area (Å²) in [5, 5.41) is 1.96. The van der Waals surface area contributed by atoms with Gasteiger partial charge in [-0.1, -0.05) is 54.2 Å². The van der Waals surface area contributed by atoms with Crippen LogP contribution in [0.1, 0.15) is 25.3 Å². The minimum atomic E-state index is 0.632. The highest BCUT2D eigenvalue weighted by Gasteiger charge is 2.26. The van der Waals surface area contributed by atoms with E-state index in [0.717, 1.165) is 55.0 Å². The first kappa shape index (κ1) is 17.0. The second-order valence-corrected chi connectivity index (χ2v) is 7.57. The van der Waals surface area contributed by atoms with Crippen LogP contribution in [0.3, 0.4) is 0 Å². The third-order valence-electron chi connectivity index (χ3n) is 4.63. The van der Waals surface area contributed by atoms with E-state index >= 15 is 0 Å². The van der Waals surface area contributed by atoms with Crippen LogP contribution in [0, 0.1) is 0 Å². The monoisotopic (exact) mass is 393 g/mol. The van der Waals surface area contributed by atoms with Gasteiger partial charge in [-0.3, -0.25) is 0 Å². The number of anilines is 2. The predicted octanol–water partition coefficient (Wildman–Crippen LogP) is 6.49. The van der Waals surface area contributed by atoms with Gasteiger partial charge in [0, 0.05) is 18.1 Å². The highest BCUT2D eigenvalue weighted by Crippen LogP contribution is 2.39. The summed E-state index contributed by atoms with van der Waals surface area (Å²) in [4.78, 5) is 7.04. The first-order valence-electron chi connectivity index (χ1n) is 8.50. The van der Waals surface area contributed by atoms with E-state index in [4.69, 9.17) is 39.8 Å². The Hall–Kier alpha value is -1.42. The van der Waals surface area contributed by atoms with Gasteiger partial charge < -0.3 is 9.47 Å². The molecule has 0 saturated carbocycles. The van der Waals surface area contributed by atoms with Crippen LogP contribution in [0.4, 0.5) is 11.6 Å². The number of hydrogen-bond donors (Lipinski definition) is 0. The number of fused-ring (bicyclic) bond motifs is 3. The third kappa shape index (κ3) is 2.88.